The lowest BCUT2D eigenvalue weighted by Crippen LogP contribution is -2.50. The predicted molar refractivity (Wildman–Crippen MR) is 204 cm³/mol. The summed E-state index contributed by atoms with van der Waals surface area (Å²) in [4.78, 5) is 45.4. The van der Waals surface area contributed by atoms with E-state index in [-0.39, 0.29) is 46.0 Å². The van der Waals surface area contributed by atoms with Crippen LogP contribution in [-0.2, 0) is 33.8 Å². The molecule has 0 bridgehead atoms. The Morgan fingerprint density at radius 3 is 2.27 bits per heavy atom. The molecule has 2 aromatic carbocycles. The van der Waals surface area contributed by atoms with E-state index in [9.17, 15) is 27.9 Å². The number of likely N-dealkylation sites (tertiary alicyclic amines) is 1. The van der Waals surface area contributed by atoms with Crippen molar-refractivity contribution >= 4 is 50.2 Å². The summed E-state index contributed by atoms with van der Waals surface area (Å²) in [7, 11) is -0.339. The van der Waals surface area contributed by atoms with E-state index in [0.29, 0.717) is 50.5 Å². The van der Waals surface area contributed by atoms with Crippen LogP contribution in [-0.4, -0.2) is 103 Å². The van der Waals surface area contributed by atoms with Crippen molar-refractivity contribution in [2.45, 2.75) is 72.4 Å². The van der Waals surface area contributed by atoms with Crippen molar-refractivity contribution < 1.29 is 32.6 Å². The van der Waals surface area contributed by atoms with Crippen LogP contribution in [0.1, 0.15) is 76.0 Å². The molecule has 0 spiro atoms. The molecule has 3 N–H and O–H groups in total. The van der Waals surface area contributed by atoms with E-state index in [4.69, 9.17) is 4.74 Å². The van der Waals surface area contributed by atoms with Gasteiger partial charge in [-0.25, -0.2) is 13.2 Å². The third-order valence-electron chi connectivity index (χ3n) is 10.2. The predicted octanol–water partition coefficient (Wildman–Crippen LogP) is 5.56. The zero-order chi connectivity index (χ0) is 38.3. The van der Waals surface area contributed by atoms with Crippen LogP contribution >= 0.6 is 0 Å². The van der Waals surface area contributed by atoms with Crippen molar-refractivity contribution in [2.75, 3.05) is 56.1 Å². The molecule has 14 heteroatoms. The molecule has 0 saturated carbocycles. The van der Waals surface area contributed by atoms with Crippen LogP contribution in [0.15, 0.2) is 36.4 Å². The number of benzene rings is 2. The molecule has 3 heterocycles. The van der Waals surface area contributed by atoms with Crippen LogP contribution in [0.25, 0.3) is 10.9 Å². The van der Waals surface area contributed by atoms with Gasteiger partial charge in [-0.3, -0.25) is 19.2 Å². The number of carboxylic acid groups (broad SMARTS) is 1. The Hall–Kier alpha value is -4.30. The molecule has 13 nitrogen and oxygen atoms in total. The Bertz CT molecular complexity index is 1960. The average Bonchev–Trinajstić information content (AvgIpc) is 3.56. The number of anilines is 2. The van der Waals surface area contributed by atoms with Gasteiger partial charge in [0.2, 0.25) is 15.9 Å². The molecule has 2 atom stereocenters. The number of sulfonamides is 1. The second kappa shape index (κ2) is 14.6. The molecule has 5 rings (SSSR count). The van der Waals surface area contributed by atoms with Gasteiger partial charge < -0.3 is 29.5 Å². The molecule has 284 valence electrons. The molecule has 2 aliphatic rings. The number of nitrogens with one attached hydrogen (secondary N) is 2. The van der Waals surface area contributed by atoms with E-state index in [0.717, 1.165) is 41.3 Å². The van der Waals surface area contributed by atoms with E-state index in [1.54, 1.807) is 6.07 Å². The van der Waals surface area contributed by atoms with Crippen LogP contribution in [0.5, 0.6) is 5.75 Å². The molecular formula is C38H54N6O7S. The summed E-state index contributed by atoms with van der Waals surface area (Å²) >= 11 is 0. The lowest BCUT2D eigenvalue weighted by molar-refractivity contribution is -0.137. The topological polar surface area (TPSA) is 154 Å². The highest BCUT2D eigenvalue weighted by Crippen LogP contribution is 2.40. The minimum Gasteiger partial charge on any atom is -0.492 e. The number of aromatic nitrogens is 1. The summed E-state index contributed by atoms with van der Waals surface area (Å²) in [6.45, 7) is 15.6. The van der Waals surface area contributed by atoms with E-state index in [2.05, 4.69) is 21.0 Å². The number of nitrogens with zero attached hydrogens (tertiary/aromatic N) is 4. The SMILES string of the molecule is COc1c(NC(=O)c2cc3cccc(CN4CCCN(C(=O)C5CCN(C(=O)O)[C@@H]5C(C)(C)C)CC4)c3n2C)cc(C(C)(C)C)cc1NS(C)(=O)=O. The fourth-order valence-electron chi connectivity index (χ4n) is 7.84. The zero-order valence-corrected chi connectivity index (χ0v) is 32.7. The monoisotopic (exact) mass is 738 g/mol. The molecule has 0 aliphatic carbocycles. The Labute approximate surface area is 307 Å². The zero-order valence-electron chi connectivity index (χ0n) is 31.9. The minimum atomic E-state index is -3.63. The number of hydrogen-bond donors (Lipinski definition) is 3. The van der Waals surface area contributed by atoms with E-state index >= 15 is 0 Å². The van der Waals surface area contributed by atoms with Gasteiger partial charge in [0.25, 0.3) is 5.91 Å². The van der Waals surface area contributed by atoms with Crippen LogP contribution in [0.3, 0.4) is 0 Å². The summed E-state index contributed by atoms with van der Waals surface area (Å²) < 4.78 is 34.4. The molecule has 0 radical (unpaired) electrons. The van der Waals surface area contributed by atoms with Gasteiger partial charge in [0.1, 0.15) is 5.69 Å². The van der Waals surface area contributed by atoms with Crippen molar-refractivity contribution in [3.05, 3.63) is 53.2 Å². The fraction of sp³-hybridized carbons (Fsp3) is 0.553. The largest absolute Gasteiger partial charge is 0.492 e. The second-order valence-corrected chi connectivity index (χ2v) is 18.0. The van der Waals surface area contributed by atoms with Gasteiger partial charge in [-0.1, -0.05) is 59.7 Å². The molecule has 52 heavy (non-hydrogen) atoms. The third kappa shape index (κ3) is 8.33. The molecule has 3 amide bonds. The number of carbonyl (C=O) groups is 3. The molecule has 1 unspecified atom stereocenters. The van der Waals surface area contributed by atoms with Crippen LogP contribution < -0.4 is 14.8 Å². The Morgan fingerprint density at radius 2 is 1.65 bits per heavy atom. The highest BCUT2D eigenvalue weighted by atomic mass is 32.2. The standard InChI is InChI=1S/C38H54N6O7S/c1-37(2,3)26-21-28(32(51-8)29(22-26)40-52(9,49)50)39-34(45)30-20-24-12-10-13-25(31(24)41(30)7)23-42-15-11-16-43(19-18-42)35(46)27-14-17-44(36(47)48)33(27)38(4,5)6/h10,12-13,20-22,27,33,40H,11,14-19,23H2,1-9H3,(H,39,45)(H,47,48)/t27?,33-/m0/s1. The van der Waals surface area contributed by atoms with Gasteiger partial charge in [0.15, 0.2) is 5.75 Å². The first-order chi connectivity index (χ1) is 24.2. The lowest BCUT2D eigenvalue weighted by atomic mass is 9.79. The molecule has 1 aromatic heterocycles. The van der Waals surface area contributed by atoms with E-state index in [1.165, 1.54) is 12.0 Å². The number of rotatable bonds is 8. The number of carbonyl (C=O) groups excluding carboxylic acids is 2. The number of amides is 3. The number of aryl methyl sites for hydroxylation is 1. The fourth-order valence-corrected chi connectivity index (χ4v) is 8.40. The highest BCUT2D eigenvalue weighted by molar-refractivity contribution is 7.92. The third-order valence-corrected chi connectivity index (χ3v) is 10.8. The second-order valence-electron chi connectivity index (χ2n) is 16.3. The number of para-hydroxylation sites is 1. The van der Waals surface area contributed by atoms with Crippen LogP contribution in [0, 0.1) is 11.3 Å². The summed E-state index contributed by atoms with van der Waals surface area (Å²) in [5.74, 6) is -0.483. The van der Waals surface area contributed by atoms with Crippen molar-refractivity contribution in [1.82, 2.24) is 19.3 Å². The Kier molecular flexibility index (Phi) is 10.9. The normalized spacial score (nSPS) is 19.1. The van der Waals surface area contributed by atoms with Crippen LogP contribution in [0.2, 0.25) is 0 Å². The van der Waals surface area contributed by atoms with E-state index < -0.39 is 16.1 Å². The molecule has 2 saturated heterocycles. The smallest absolute Gasteiger partial charge is 0.407 e. The Morgan fingerprint density at radius 1 is 0.962 bits per heavy atom. The van der Waals surface area contributed by atoms with Crippen LogP contribution in [0.4, 0.5) is 16.2 Å². The first kappa shape index (κ1) is 38.9. The summed E-state index contributed by atoms with van der Waals surface area (Å²) in [6, 6.07) is 11.0. The van der Waals surface area contributed by atoms with Gasteiger partial charge >= 0.3 is 6.09 Å². The average molecular weight is 739 g/mol. The van der Waals surface area contributed by atoms with Crippen molar-refractivity contribution in [3.8, 4) is 5.75 Å². The maximum Gasteiger partial charge on any atom is 0.407 e. The van der Waals surface area contributed by atoms with Crippen molar-refractivity contribution in [3.63, 3.8) is 0 Å². The quantitative estimate of drug-likeness (QED) is 0.272. The number of methoxy groups -OCH3 is 1. The highest BCUT2D eigenvalue weighted by Gasteiger charge is 2.48. The summed E-state index contributed by atoms with van der Waals surface area (Å²) in [5.41, 5.74) is 3.09. The summed E-state index contributed by atoms with van der Waals surface area (Å²) in [5, 5.41) is 13.7. The minimum absolute atomic E-state index is 0.0367. The molecular weight excluding hydrogens is 685 g/mol. The Balaban J connectivity index is 1.35. The van der Waals surface area contributed by atoms with Gasteiger partial charge in [-0.15, -0.1) is 0 Å². The summed E-state index contributed by atoms with van der Waals surface area (Å²) in [6.07, 6.45) is 1.42. The van der Waals surface area contributed by atoms with Gasteiger partial charge in [0.05, 0.1) is 42.2 Å². The first-order valence-electron chi connectivity index (χ1n) is 17.8. The lowest BCUT2D eigenvalue weighted by Gasteiger charge is -2.38. The van der Waals surface area contributed by atoms with Crippen molar-refractivity contribution in [2.24, 2.45) is 18.4 Å². The molecule has 2 aliphatic heterocycles. The molecule has 3 aromatic rings. The van der Waals surface area contributed by atoms with E-state index in [1.807, 2.05) is 82.3 Å². The maximum absolute atomic E-state index is 13.9. The van der Waals surface area contributed by atoms with Gasteiger partial charge in [-0.05, 0) is 53.0 Å². The number of ether oxygens (including phenoxy) is 1. The molecule has 2 fully saturated rings. The van der Waals surface area contributed by atoms with Crippen molar-refractivity contribution in [1.29, 1.82) is 0 Å². The first-order valence-corrected chi connectivity index (χ1v) is 19.7. The number of fused-ring (bicyclic) bond motifs is 1. The maximum atomic E-state index is 13.9. The van der Waals surface area contributed by atoms with Gasteiger partial charge in [0, 0.05) is 51.7 Å². The number of hydrogen-bond acceptors (Lipinski definition) is 7. The van der Waals surface area contributed by atoms with Gasteiger partial charge in [-0.2, -0.15) is 0 Å².